The van der Waals surface area contributed by atoms with Gasteiger partial charge >= 0.3 is 6.03 Å². The van der Waals surface area contributed by atoms with Gasteiger partial charge in [-0.3, -0.25) is 14.8 Å². The van der Waals surface area contributed by atoms with Crippen LogP contribution in [0, 0.1) is 11.8 Å². The van der Waals surface area contributed by atoms with Gasteiger partial charge in [0.1, 0.15) is 0 Å². The highest BCUT2D eigenvalue weighted by molar-refractivity contribution is 6.00. The third kappa shape index (κ3) is 5.63. The molecular formula is C28H31N5O4. The molecular weight excluding hydrogens is 470 g/mol. The number of amides is 4. The van der Waals surface area contributed by atoms with Crippen LogP contribution in [0.3, 0.4) is 0 Å². The summed E-state index contributed by atoms with van der Waals surface area (Å²) in [7, 11) is 0. The van der Waals surface area contributed by atoms with Gasteiger partial charge in [-0.05, 0) is 61.1 Å². The van der Waals surface area contributed by atoms with Gasteiger partial charge in [0.2, 0.25) is 11.8 Å². The number of fused-ring (bicyclic) bond motifs is 1. The molecule has 7 N–H and O–H groups in total. The zero-order valence-corrected chi connectivity index (χ0v) is 20.7. The second-order valence-electron chi connectivity index (χ2n) is 9.51. The van der Waals surface area contributed by atoms with Gasteiger partial charge in [0.25, 0.3) is 0 Å². The molecule has 9 heteroatoms. The molecule has 37 heavy (non-hydrogen) atoms. The number of benzene rings is 3. The Morgan fingerprint density at radius 1 is 1.03 bits per heavy atom. The monoisotopic (exact) mass is 501 g/mol. The van der Waals surface area contributed by atoms with Crippen molar-refractivity contribution in [2.45, 2.75) is 32.2 Å². The van der Waals surface area contributed by atoms with Gasteiger partial charge in [-0.15, -0.1) is 0 Å². The van der Waals surface area contributed by atoms with Gasteiger partial charge in [0, 0.05) is 22.9 Å². The lowest BCUT2D eigenvalue weighted by molar-refractivity contribution is -0.126. The van der Waals surface area contributed by atoms with Gasteiger partial charge in [-0.2, -0.15) is 0 Å². The maximum absolute atomic E-state index is 13.2. The molecule has 0 bridgehead atoms. The van der Waals surface area contributed by atoms with E-state index in [2.05, 4.69) is 16.0 Å². The molecule has 1 heterocycles. The molecule has 9 nitrogen and oxygen atoms in total. The van der Waals surface area contributed by atoms with Gasteiger partial charge in [0.05, 0.1) is 11.2 Å². The minimum Gasteiger partial charge on any atom is -0.326 e. The molecule has 4 amide bonds. The Bertz CT molecular complexity index is 1310. The van der Waals surface area contributed by atoms with Crippen molar-refractivity contribution in [3.05, 3.63) is 78.4 Å². The molecule has 192 valence electrons. The molecule has 2 unspecified atom stereocenters. The number of aryl methyl sites for hydroxylation is 1. The Kier molecular flexibility index (Phi) is 7.56. The molecule has 1 aliphatic rings. The molecule has 0 spiro atoms. The predicted molar refractivity (Wildman–Crippen MR) is 143 cm³/mol. The normalized spacial score (nSPS) is 17.3. The second-order valence-corrected chi connectivity index (χ2v) is 9.51. The van der Waals surface area contributed by atoms with Gasteiger partial charge in [-0.25, -0.2) is 10.3 Å². The first kappa shape index (κ1) is 25.9. The zero-order valence-electron chi connectivity index (χ0n) is 20.7. The van der Waals surface area contributed by atoms with Crippen molar-refractivity contribution >= 4 is 34.9 Å². The molecule has 3 atom stereocenters. The molecule has 1 aliphatic heterocycles. The quantitative estimate of drug-likeness (QED) is 0.220. The smallest absolute Gasteiger partial charge is 0.326 e. The summed E-state index contributed by atoms with van der Waals surface area (Å²) in [6.07, 6.45) is 1.32. The van der Waals surface area contributed by atoms with Gasteiger partial charge < -0.3 is 21.7 Å². The van der Waals surface area contributed by atoms with E-state index in [4.69, 9.17) is 10.9 Å². The summed E-state index contributed by atoms with van der Waals surface area (Å²) in [6, 6.07) is 21.2. The van der Waals surface area contributed by atoms with Crippen molar-refractivity contribution in [1.82, 2.24) is 5.48 Å². The van der Waals surface area contributed by atoms with Crippen LogP contribution in [0.25, 0.3) is 11.1 Å². The molecule has 0 aromatic heterocycles. The summed E-state index contributed by atoms with van der Waals surface area (Å²) in [5.41, 5.74) is 11.3. The van der Waals surface area contributed by atoms with Crippen LogP contribution < -0.4 is 27.2 Å². The fourth-order valence-electron chi connectivity index (χ4n) is 4.62. The largest absolute Gasteiger partial charge is 0.342 e. The summed E-state index contributed by atoms with van der Waals surface area (Å²) in [4.78, 5) is 37.8. The SMILES string of the molecule is C[C@H](C1CCc2ccccc2NC1=O)C(C)(N)C(=O)Nc1ccc(-c2ccccc2NC(=O)NO)cc1. The average Bonchev–Trinajstić information content (AvgIpc) is 3.07. The number of para-hydroxylation sites is 2. The van der Waals surface area contributed by atoms with Crippen molar-refractivity contribution in [1.29, 1.82) is 0 Å². The van der Waals surface area contributed by atoms with Crippen LogP contribution in [0.15, 0.2) is 72.8 Å². The first-order chi connectivity index (χ1) is 17.7. The lowest BCUT2D eigenvalue weighted by Crippen LogP contribution is -2.56. The van der Waals surface area contributed by atoms with Crippen LogP contribution in [0.1, 0.15) is 25.8 Å². The van der Waals surface area contributed by atoms with E-state index in [9.17, 15) is 14.4 Å². The van der Waals surface area contributed by atoms with E-state index in [1.807, 2.05) is 43.3 Å². The van der Waals surface area contributed by atoms with Crippen molar-refractivity contribution < 1.29 is 19.6 Å². The van der Waals surface area contributed by atoms with Crippen LogP contribution >= 0.6 is 0 Å². The van der Waals surface area contributed by atoms with Crippen LogP contribution in [-0.2, 0) is 16.0 Å². The molecule has 0 saturated heterocycles. The van der Waals surface area contributed by atoms with Crippen molar-refractivity contribution in [3.63, 3.8) is 0 Å². The number of nitrogens with one attached hydrogen (secondary N) is 4. The minimum absolute atomic E-state index is 0.131. The Balaban J connectivity index is 1.46. The summed E-state index contributed by atoms with van der Waals surface area (Å²) < 4.78 is 0. The van der Waals surface area contributed by atoms with E-state index in [0.717, 1.165) is 28.8 Å². The third-order valence-electron chi connectivity index (χ3n) is 7.11. The van der Waals surface area contributed by atoms with E-state index in [-0.39, 0.29) is 11.8 Å². The van der Waals surface area contributed by atoms with E-state index >= 15 is 0 Å². The highest BCUT2D eigenvalue weighted by atomic mass is 16.5. The summed E-state index contributed by atoms with van der Waals surface area (Å²) >= 11 is 0. The maximum atomic E-state index is 13.2. The van der Waals surface area contributed by atoms with E-state index in [1.54, 1.807) is 48.8 Å². The summed E-state index contributed by atoms with van der Waals surface area (Å²) in [5, 5.41) is 17.2. The van der Waals surface area contributed by atoms with Crippen molar-refractivity contribution in [3.8, 4) is 11.1 Å². The standard InChI is InChI=1S/C28H31N5O4/c1-17(21-16-13-19-7-3-5-9-23(19)31-25(21)34)28(2,29)26(35)30-20-14-11-18(12-15-20)22-8-4-6-10-24(22)32-27(36)33-37/h3-12,14-15,17,21,37H,13,16,29H2,1-2H3,(H,30,35)(H,31,34)(H2,32,33,36)/t17-,21?,28?/m1/s1. The van der Waals surface area contributed by atoms with Crippen molar-refractivity contribution in [2.75, 3.05) is 16.0 Å². The molecule has 0 radical (unpaired) electrons. The number of hydroxylamine groups is 1. The summed E-state index contributed by atoms with van der Waals surface area (Å²) in [5.74, 6) is -1.36. The zero-order chi connectivity index (χ0) is 26.6. The van der Waals surface area contributed by atoms with Crippen LogP contribution in [-0.4, -0.2) is 28.6 Å². The topological polar surface area (TPSA) is 146 Å². The number of hydrogen-bond acceptors (Lipinski definition) is 5. The second kappa shape index (κ2) is 10.8. The van der Waals surface area contributed by atoms with E-state index in [1.165, 1.54) is 0 Å². The fraction of sp³-hybridized carbons (Fsp3) is 0.250. The molecule has 3 aromatic carbocycles. The first-order valence-electron chi connectivity index (χ1n) is 12.1. The fourth-order valence-corrected chi connectivity index (χ4v) is 4.62. The van der Waals surface area contributed by atoms with Crippen LogP contribution in [0.2, 0.25) is 0 Å². The highest BCUT2D eigenvalue weighted by Crippen LogP contribution is 2.33. The first-order valence-corrected chi connectivity index (χ1v) is 12.1. The average molecular weight is 502 g/mol. The van der Waals surface area contributed by atoms with Gasteiger partial charge in [0.15, 0.2) is 0 Å². The number of rotatable bonds is 6. The Hall–Kier alpha value is -4.21. The Morgan fingerprint density at radius 3 is 2.43 bits per heavy atom. The van der Waals surface area contributed by atoms with Crippen LogP contribution in [0.4, 0.5) is 21.9 Å². The lowest BCUT2D eigenvalue weighted by atomic mass is 9.75. The third-order valence-corrected chi connectivity index (χ3v) is 7.11. The number of nitrogens with two attached hydrogens (primary N) is 1. The Labute approximate surface area is 215 Å². The van der Waals surface area contributed by atoms with Crippen LogP contribution in [0.5, 0.6) is 0 Å². The lowest BCUT2D eigenvalue weighted by Gasteiger charge is -2.34. The van der Waals surface area contributed by atoms with Crippen molar-refractivity contribution in [2.24, 2.45) is 17.6 Å². The maximum Gasteiger partial charge on any atom is 0.342 e. The van der Waals surface area contributed by atoms with E-state index in [0.29, 0.717) is 17.8 Å². The predicted octanol–water partition coefficient (Wildman–Crippen LogP) is 4.36. The molecule has 0 fully saturated rings. The number of hydrogen-bond donors (Lipinski definition) is 6. The number of carbonyl (C=O) groups excluding carboxylic acids is 3. The Morgan fingerprint density at radius 2 is 1.70 bits per heavy atom. The molecule has 0 aliphatic carbocycles. The van der Waals surface area contributed by atoms with Gasteiger partial charge in [-0.1, -0.05) is 55.5 Å². The molecule has 4 rings (SSSR count). The summed E-state index contributed by atoms with van der Waals surface area (Å²) in [6.45, 7) is 3.50. The number of anilines is 3. The molecule has 0 saturated carbocycles. The van der Waals surface area contributed by atoms with E-state index < -0.39 is 23.4 Å². The number of carbonyl (C=O) groups is 3. The number of urea groups is 1. The highest BCUT2D eigenvalue weighted by Gasteiger charge is 2.42. The molecule has 3 aromatic rings. The minimum atomic E-state index is -1.30.